The highest BCUT2D eigenvalue weighted by atomic mass is 32.1. The largest absolute Gasteiger partial charge is 0.496 e. The first-order valence-electron chi connectivity index (χ1n) is 10.7. The topological polar surface area (TPSA) is 165 Å². The van der Waals surface area contributed by atoms with Gasteiger partial charge in [-0.2, -0.15) is 0 Å². The lowest BCUT2D eigenvalue weighted by Gasteiger charge is -2.48. The third-order valence-corrected chi connectivity index (χ3v) is 7.58. The molecule has 0 radical (unpaired) electrons. The van der Waals surface area contributed by atoms with Gasteiger partial charge in [-0.1, -0.05) is 6.07 Å². The maximum Gasteiger partial charge on any atom is 0.223 e. The number of aromatic nitrogens is 1. The van der Waals surface area contributed by atoms with Crippen LogP contribution < -0.4 is 10.1 Å². The quantitative estimate of drug-likeness (QED) is 0.265. The minimum absolute atomic E-state index is 0.0790. The van der Waals surface area contributed by atoms with Gasteiger partial charge in [-0.3, -0.25) is 10.3 Å². The van der Waals surface area contributed by atoms with Crippen LogP contribution in [0.2, 0.25) is 0 Å². The number of methoxy groups -OCH3 is 1. The van der Waals surface area contributed by atoms with Gasteiger partial charge in [-0.15, -0.1) is 11.3 Å². The number of hydrogen-bond acceptors (Lipinski definition) is 11. The van der Waals surface area contributed by atoms with Crippen LogP contribution in [0.1, 0.15) is 42.7 Å². The number of rotatable bonds is 7. The van der Waals surface area contributed by atoms with Gasteiger partial charge in [-0.25, -0.2) is 0 Å². The molecule has 3 heterocycles. The Hall–Kier alpha value is -1.67. The zero-order valence-electron chi connectivity index (χ0n) is 18.3. The first kappa shape index (κ1) is 24.5. The molecule has 1 aliphatic carbocycles. The molecule has 0 unspecified atom stereocenters. The van der Waals surface area contributed by atoms with Crippen molar-refractivity contribution in [1.82, 2.24) is 10.3 Å². The number of nitrogens with zero attached hydrogens (tertiary/aromatic N) is 1. The van der Waals surface area contributed by atoms with Crippen LogP contribution in [0.4, 0.5) is 0 Å². The van der Waals surface area contributed by atoms with Gasteiger partial charge in [0.2, 0.25) is 17.5 Å². The zero-order valence-corrected chi connectivity index (χ0v) is 19.1. The maximum atomic E-state index is 10.9. The molecular formula is C22H30N2O8S. The molecule has 10 nitrogen and oxygen atoms in total. The molecule has 1 atom stereocenters. The van der Waals surface area contributed by atoms with Crippen LogP contribution in [0, 0.1) is 0 Å². The summed E-state index contributed by atoms with van der Waals surface area (Å²) in [4.78, 5) is 5.25. The standard InChI is InChI=1S/C22H30N2O8S/c1-31-15-5-9-33-16(15)10-24-22(29,30)12-18(17-4-2-3-7-23-17)6-8-32-19(11-18)13-20(25,26)21(27,28)14-19/h2-5,7,9,24-30H,6,8,10-14H2,1H3/t18-/m1/s1. The van der Waals surface area contributed by atoms with Gasteiger partial charge in [0.05, 0.1) is 17.6 Å². The Morgan fingerprint density at radius 2 is 1.85 bits per heavy atom. The summed E-state index contributed by atoms with van der Waals surface area (Å²) in [5, 5.41) is 67.2. The van der Waals surface area contributed by atoms with E-state index in [2.05, 4.69) is 10.3 Å². The second-order valence-corrected chi connectivity index (χ2v) is 10.2. The van der Waals surface area contributed by atoms with Gasteiger partial charge < -0.3 is 40.1 Å². The van der Waals surface area contributed by atoms with Crippen LogP contribution in [0.25, 0.3) is 0 Å². The first-order chi connectivity index (χ1) is 15.4. The molecule has 0 amide bonds. The third kappa shape index (κ3) is 4.78. The molecule has 1 saturated heterocycles. The SMILES string of the molecule is COc1ccsc1CNC(O)(O)C[C@@]1(c2ccccn2)CCOC2(CC(O)(O)C(O)(O)C2)C1. The van der Waals surface area contributed by atoms with Crippen LogP contribution in [0.3, 0.4) is 0 Å². The molecule has 1 aliphatic heterocycles. The minimum Gasteiger partial charge on any atom is -0.496 e. The summed E-state index contributed by atoms with van der Waals surface area (Å²) in [6.45, 7) is 0.290. The molecule has 2 aromatic rings. The van der Waals surface area contributed by atoms with Crippen molar-refractivity contribution in [3.63, 3.8) is 0 Å². The normalized spacial score (nSPS) is 25.9. The summed E-state index contributed by atoms with van der Waals surface area (Å²) in [5.74, 6) is -7.19. The van der Waals surface area contributed by atoms with Crippen molar-refractivity contribution in [2.75, 3.05) is 13.7 Å². The van der Waals surface area contributed by atoms with Crippen molar-refractivity contribution in [3.8, 4) is 5.75 Å². The van der Waals surface area contributed by atoms with E-state index in [1.165, 1.54) is 11.3 Å². The Balaban J connectivity index is 1.62. The van der Waals surface area contributed by atoms with E-state index >= 15 is 0 Å². The second-order valence-electron chi connectivity index (χ2n) is 9.20. The molecule has 4 rings (SSSR count). The van der Waals surface area contributed by atoms with Gasteiger partial charge in [0.25, 0.3) is 0 Å². The summed E-state index contributed by atoms with van der Waals surface area (Å²) >= 11 is 1.42. The zero-order chi connectivity index (χ0) is 24.0. The van der Waals surface area contributed by atoms with Gasteiger partial charge in [-0.05, 0) is 36.4 Å². The fraction of sp³-hybridized carbons (Fsp3) is 0.591. The highest BCUT2D eigenvalue weighted by Gasteiger charge is 2.66. The van der Waals surface area contributed by atoms with Crippen LogP contribution in [-0.2, 0) is 16.7 Å². The lowest BCUT2D eigenvalue weighted by molar-refractivity contribution is -0.339. The fourth-order valence-corrected chi connectivity index (χ4v) is 6.00. The Labute approximate surface area is 195 Å². The Morgan fingerprint density at radius 3 is 2.48 bits per heavy atom. The van der Waals surface area contributed by atoms with Crippen molar-refractivity contribution in [3.05, 3.63) is 46.4 Å². The van der Waals surface area contributed by atoms with E-state index in [1.807, 2.05) is 5.38 Å². The van der Waals surface area contributed by atoms with E-state index < -0.39 is 41.3 Å². The average Bonchev–Trinajstić information content (AvgIpc) is 3.25. The van der Waals surface area contributed by atoms with Crippen molar-refractivity contribution in [1.29, 1.82) is 0 Å². The van der Waals surface area contributed by atoms with Crippen molar-refractivity contribution < 1.29 is 40.1 Å². The molecule has 0 bridgehead atoms. The van der Waals surface area contributed by atoms with E-state index in [1.54, 1.807) is 37.6 Å². The predicted molar refractivity (Wildman–Crippen MR) is 117 cm³/mol. The van der Waals surface area contributed by atoms with Crippen molar-refractivity contribution >= 4 is 11.3 Å². The lowest BCUT2D eigenvalue weighted by Crippen LogP contribution is -2.55. The van der Waals surface area contributed by atoms with E-state index in [0.29, 0.717) is 17.9 Å². The van der Waals surface area contributed by atoms with E-state index in [0.717, 1.165) is 4.88 Å². The molecule has 2 aliphatic rings. The summed E-state index contributed by atoms with van der Waals surface area (Å²) in [6.07, 6.45) is 0.973. The summed E-state index contributed by atoms with van der Waals surface area (Å²) in [5.41, 5.74) is -1.67. The molecule has 2 fully saturated rings. The summed E-state index contributed by atoms with van der Waals surface area (Å²) in [7, 11) is 1.54. The Kier molecular flexibility index (Phi) is 6.32. The number of aliphatic hydroxyl groups is 6. The van der Waals surface area contributed by atoms with E-state index in [-0.39, 0.29) is 26.0 Å². The van der Waals surface area contributed by atoms with E-state index in [4.69, 9.17) is 9.47 Å². The number of nitrogens with one attached hydrogen (secondary N) is 1. The lowest BCUT2D eigenvalue weighted by atomic mass is 9.67. The third-order valence-electron chi connectivity index (χ3n) is 6.68. The molecule has 1 saturated carbocycles. The van der Waals surface area contributed by atoms with Gasteiger partial charge in [0.15, 0.2) is 0 Å². The smallest absolute Gasteiger partial charge is 0.223 e. The average molecular weight is 483 g/mol. The van der Waals surface area contributed by atoms with Gasteiger partial charge >= 0.3 is 0 Å². The maximum absolute atomic E-state index is 10.9. The number of hydrogen-bond donors (Lipinski definition) is 7. The molecule has 2 aromatic heterocycles. The molecule has 1 spiro atoms. The van der Waals surface area contributed by atoms with Crippen LogP contribution in [0.5, 0.6) is 5.75 Å². The Morgan fingerprint density at radius 1 is 1.12 bits per heavy atom. The monoisotopic (exact) mass is 482 g/mol. The summed E-state index contributed by atoms with van der Waals surface area (Å²) in [6, 6.07) is 7.09. The van der Waals surface area contributed by atoms with Gasteiger partial charge in [0, 0.05) is 49.7 Å². The molecule has 33 heavy (non-hydrogen) atoms. The number of thiophene rings is 1. The molecule has 0 aromatic carbocycles. The number of ether oxygens (including phenoxy) is 2. The molecular weight excluding hydrogens is 452 g/mol. The number of pyridine rings is 1. The highest BCUT2D eigenvalue weighted by molar-refractivity contribution is 7.10. The van der Waals surface area contributed by atoms with Crippen LogP contribution >= 0.6 is 11.3 Å². The highest BCUT2D eigenvalue weighted by Crippen LogP contribution is 2.54. The van der Waals surface area contributed by atoms with E-state index in [9.17, 15) is 30.6 Å². The van der Waals surface area contributed by atoms with Crippen molar-refractivity contribution in [2.45, 2.75) is 67.2 Å². The minimum atomic E-state index is -2.76. The van der Waals surface area contributed by atoms with Crippen molar-refractivity contribution in [2.24, 2.45) is 0 Å². The first-order valence-corrected chi connectivity index (χ1v) is 11.5. The fourth-order valence-electron chi connectivity index (χ4n) is 5.22. The molecule has 7 N–H and O–H groups in total. The Bertz CT molecular complexity index is 948. The summed E-state index contributed by atoms with van der Waals surface area (Å²) < 4.78 is 11.1. The molecule has 182 valence electrons. The second kappa shape index (κ2) is 8.52. The molecule has 11 heteroatoms. The van der Waals surface area contributed by atoms with Crippen LogP contribution in [0.15, 0.2) is 35.8 Å². The predicted octanol–water partition coefficient (Wildman–Crippen LogP) is -0.0874. The van der Waals surface area contributed by atoms with Crippen LogP contribution in [-0.4, -0.2) is 72.4 Å². The van der Waals surface area contributed by atoms with Gasteiger partial charge in [0.1, 0.15) is 5.75 Å².